The molecule has 1 aliphatic rings. The van der Waals surface area contributed by atoms with Crippen LogP contribution in [0.2, 0.25) is 0 Å². The fraction of sp³-hybridized carbons (Fsp3) is 0.714. The van der Waals surface area contributed by atoms with Gasteiger partial charge in [-0.25, -0.2) is 0 Å². The molecule has 1 aromatic rings. The summed E-state index contributed by atoms with van der Waals surface area (Å²) in [5, 5.41) is 4.43. The Bertz CT molecular complexity index is 454. The molecule has 1 aliphatic heterocycles. The van der Waals surface area contributed by atoms with Crippen LogP contribution in [-0.4, -0.2) is 52.8 Å². The van der Waals surface area contributed by atoms with Gasteiger partial charge >= 0.3 is 0 Å². The second kappa shape index (κ2) is 5.84. The van der Waals surface area contributed by atoms with Crippen molar-refractivity contribution in [3.8, 4) is 0 Å². The molecule has 0 spiro atoms. The van der Waals surface area contributed by atoms with Gasteiger partial charge in [0, 0.05) is 24.8 Å². The van der Waals surface area contributed by atoms with E-state index in [2.05, 4.69) is 23.8 Å². The zero-order valence-corrected chi connectivity index (χ0v) is 12.2. The monoisotopic (exact) mass is 265 g/mol. The van der Waals surface area contributed by atoms with E-state index in [1.165, 1.54) is 0 Å². The number of ether oxygens (including phenoxy) is 1. The molecule has 0 aromatic carbocycles. The van der Waals surface area contributed by atoms with Gasteiger partial charge in [0.15, 0.2) is 6.29 Å². The van der Waals surface area contributed by atoms with Gasteiger partial charge in [-0.05, 0) is 27.7 Å². The summed E-state index contributed by atoms with van der Waals surface area (Å²) < 4.78 is 7.71. The maximum Gasteiger partial charge on any atom is 0.153 e. The normalized spacial score (nSPS) is 21.0. The van der Waals surface area contributed by atoms with Crippen LogP contribution in [0.15, 0.2) is 0 Å². The molecule has 0 N–H and O–H groups in total. The van der Waals surface area contributed by atoms with Gasteiger partial charge in [0.25, 0.3) is 0 Å². The maximum atomic E-state index is 11.0. The molecule has 0 saturated carbocycles. The molecule has 19 heavy (non-hydrogen) atoms. The van der Waals surface area contributed by atoms with E-state index in [4.69, 9.17) is 4.74 Å². The SMILES string of the molecule is Cc1nn(CC2CN(C(C)C)CCO2)c(C)c1C=O. The fourth-order valence-electron chi connectivity index (χ4n) is 2.57. The maximum absolute atomic E-state index is 11.0. The Labute approximate surface area is 114 Å². The van der Waals surface area contributed by atoms with Crippen molar-refractivity contribution in [3.05, 3.63) is 17.0 Å². The number of morpholine rings is 1. The molecule has 0 amide bonds. The lowest BCUT2D eigenvalue weighted by Gasteiger charge is -2.35. The minimum atomic E-state index is 0.147. The van der Waals surface area contributed by atoms with Crippen molar-refractivity contribution in [2.45, 2.75) is 46.4 Å². The molecular formula is C14H23N3O2. The molecular weight excluding hydrogens is 242 g/mol. The van der Waals surface area contributed by atoms with E-state index < -0.39 is 0 Å². The Morgan fingerprint density at radius 3 is 2.79 bits per heavy atom. The van der Waals surface area contributed by atoms with Crippen LogP contribution in [-0.2, 0) is 11.3 Å². The number of rotatable bonds is 4. The number of aldehydes is 1. The Hall–Kier alpha value is -1.20. The summed E-state index contributed by atoms with van der Waals surface area (Å²) in [6.07, 6.45) is 1.03. The zero-order valence-electron chi connectivity index (χ0n) is 12.2. The minimum Gasteiger partial charge on any atom is -0.374 e. The van der Waals surface area contributed by atoms with E-state index in [1.807, 2.05) is 18.5 Å². The zero-order chi connectivity index (χ0) is 14.0. The highest BCUT2D eigenvalue weighted by atomic mass is 16.5. The average Bonchev–Trinajstić information content (AvgIpc) is 2.64. The first kappa shape index (κ1) is 14.2. The van der Waals surface area contributed by atoms with Gasteiger partial charge in [-0.2, -0.15) is 5.10 Å². The average molecular weight is 265 g/mol. The second-order valence-corrected chi connectivity index (χ2v) is 5.47. The van der Waals surface area contributed by atoms with Gasteiger partial charge in [0.2, 0.25) is 0 Å². The summed E-state index contributed by atoms with van der Waals surface area (Å²) in [4.78, 5) is 13.4. The highest BCUT2D eigenvalue weighted by Crippen LogP contribution is 2.14. The first-order valence-electron chi connectivity index (χ1n) is 6.87. The number of nitrogens with zero attached hydrogens (tertiary/aromatic N) is 3. The van der Waals surface area contributed by atoms with Crippen molar-refractivity contribution in [1.29, 1.82) is 0 Å². The first-order chi connectivity index (χ1) is 9.02. The molecule has 5 nitrogen and oxygen atoms in total. The third kappa shape index (κ3) is 3.04. The van der Waals surface area contributed by atoms with Crippen LogP contribution in [0.5, 0.6) is 0 Å². The predicted octanol–water partition coefficient (Wildman–Crippen LogP) is 1.42. The standard InChI is InChI=1S/C14H23N3O2/c1-10(2)16-5-6-19-13(7-16)8-17-12(4)14(9-18)11(3)15-17/h9-10,13H,5-8H2,1-4H3. The lowest BCUT2D eigenvalue weighted by atomic mass is 10.2. The summed E-state index contributed by atoms with van der Waals surface area (Å²) in [6, 6.07) is 0.539. The Kier molecular flexibility index (Phi) is 4.37. The second-order valence-electron chi connectivity index (χ2n) is 5.47. The highest BCUT2D eigenvalue weighted by molar-refractivity contribution is 5.78. The van der Waals surface area contributed by atoms with Gasteiger partial charge in [-0.15, -0.1) is 0 Å². The van der Waals surface area contributed by atoms with Crippen molar-refractivity contribution in [2.75, 3.05) is 19.7 Å². The molecule has 1 unspecified atom stereocenters. The van der Waals surface area contributed by atoms with Gasteiger partial charge in [0.05, 0.1) is 30.5 Å². The number of carbonyl (C=O) groups excluding carboxylic acids is 1. The Balaban J connectivity index is 2.07. The van der Waals surface area contributed by atoms with Crippen molar-refractivity contribution >= 4 is 6.29 Å². The molecule has 0 aliphatic carbocycles. The number of carbonyl (C=O) groups is 1. The lowest BCUT2D eigenvalue weighted by Crippen LogP contribution is -2.47. The lowest BCUT2D eigenvalue weighted by molar-refractivity contribution is -0.0472. The van der Waals surface area contributed by atoms with Crippen LogP contribution in [0.3, 0.4) is 0 Å². The summed E-state index contributed by atoms with van der Waals surface area (Å²) in [6.45, 7) is 11.6. The van der Waals surface area contributed by atoms with Crippen LogP contribution in [0.25, 0.3) is 0 Å². The number of aromatic nitrogens is 2. The first-order valence-corrected chi connectivity index (χ1v) is 6.87. The number of hydrogen-bond donors (Lipinski definition) is 0. The van der Waals surface area contributed by atoms with Gasteiger partial charge in [-0.3, -0.25) is 14.4 Å². The van der Waals surface area contributed by atoms with Crippen molar-refractivity contribution in [1.82, 2.24) is 14.7 Å². The molecule has 1 fully saturated rings. The third-order valence-electron chi connectivity index (χ3n) is 3.83. The van der Waals surface area contributed by atoms with E-state index in [-0.39, 0.29) is 6.10 Å². The van der Waals surface area contributed by atoms with E-state index in [0.29, 0.717) is 18.2 Å². The highest BCUT2D eigenvalue weighted by Gasteiger charge is 2.23. The van der Waals surface area contributed by atoms with Crippen LogP contribution >= 0.6 is 0 Å². The molecule has 1 atom stereocenters. The summed E-state index contributed by atoms with van der Waals surface area (Å²) in [5.41, 5.74) is 2.43. The minimum absolute atomic E-state index is 0.147. The quantitative estimate of drug-likeness (QED) is 0.773. The molecule has 2 heterocycles. The summed E-state index contributed by atoms with van der Waals surface area (Å²) in [5.74, 6) is 0. The van der Waals surface area contributed by atoms with E-state index >= 15 is 0 Å². The van der Waals surface area contributed by atoms with Crippen LogP contribution in [0.1, 0.15) is 35.6 Å². The van der Waals surface area contributed by atoms with E-state index in [1.54, 1.807) is 0 Å². The van der Waals surface area contributed by atoms with Gasteiger partial charge in [-0.1, -0.05) is 0 Å². The number of hydrogen-bond acceptors (Lipinski definition) is 4. The van der Waals surface area contributed by atoms with Crippen molar-refractivity contribution in [3.63, 3.8) is 0 Å². The fourth-order valence-corrected chi connectivity index (χ4v) is 2.57. The third-order valence-corrected chi connectivity index (χ3v) is 3.83. The van der Waals surface area contributed by atoms with Crippen LogP contribution in [0.4, 0.5) is 0 Å². The van der Waals surface area contributed by atoms with E-state index in [0.717, 1.165) is 37.4 Å². The predicted molar refractivity (Wildman–Crippen MR) is 73.5 cm³/mol. The van der Waals surface area contributed by atoms with Gasteiger partial charge in [0.1, 0.15) is 0 Å². The Morgan fingerprint density at radius 2 is 2.21 bits per heavy atom. The summed E-state index contributed by atoms with van der Waals surface area (Å²) >= 11 is 0. The topological polar surface area (TPSA) is 47.4 Å². The molecule has 1 aromatic heterocycles. The number of aryl methyl sites for hydroxylation is 1. The Morgan fingerprint density at radius 1 is 1.47 bits per heavy atom. The molecule has 1 saturated heterocycles. The molecule has 0 bridgehead atoms. The smallest absolute Gasteiger partial charge is 0.153 e. The summed E-state index contributed by atoms with van der Waals surface area (Å²) in [7, 11) is 0. The van der Waals surface area contributed by atoms with Gasteiger partial charge < -0.3 is 4.74 Å². The van der Waals surface area contributed by atoms with Crippen LogP contribution < -0.4 is 0 Å². The molecule has 106 valence electrons. The largest absolute Gasteiger partial charge is 0.374 e. The van der Waals surface area contributed by atoms with Crippen LogP contribution in [0, 0.1) is 13.8 Å². The molecule has 2 rings (SSSR count). The van der Waals surface area contributed by atoms with Crippen molar-refractivity contribution in [2.24, 2.45) is 0 Å². The van der Waals surface area contributed by atoms with E-state index in [9.17, 15) is 4.79 Å². The molecule has 0 radical (unpaired) electrons. The van der Waals surface area contributed by atoms with Crippen molar-refractivity contribution < 1.29 is 9.53 Å². The molecule has 5 heteroatoms.